The fourth-order valence-corrected chi connectivity index (χ4v) is 5.72. The Morgan fingerprint density at radius 3 is 2.59 bits per heavy atom. The van der Waals surface area contributed by atoms with E-state index in [1.54, 1.807) is 0 Å². The number of benzene rings is 2. The molecular formula is C27H37N4P. The van der Waals surface area contributed by atoms with Gasteiger partial charge in [0.25, 0.3) is 0 Å². The van der Waals surface area contributed by atoms with Crippen molar-refractivity contribution in [2.24, 2.45) is 0 Å². The van der Waals surface area contributed by atoms with Crippen molar-refractivity contribution in [1.82, 2.24) is 14.5 Å². The number of rotatable bonds is 8. The Kier molecular flexibility index (Phi) is 7.33. The number of hydrogen-bond acceptors (Lipinski definition) is 3. The normalized spacial score (nSPS) is 15.8. The van der Waals surface area contributed by atoms with Crippen LogP contribution >= 0.6 is 8.58 Å². The molecule has 4 rings (SSSR count). The van der Waals surface area contributed by atoms with Crippen LogP contribution < -0.4 is 11.0 Å². The number of imidazole rings is 1. The number of hydrogen-bond donors (Lipinski definition) is 1. The third-order valence-electron chi connectivity index (χ3n) is 7.09. The van der Waals surface area contributed by atoms with Crippen molar-refractivity contribution in [2.75, 3.05) is 25.5 Å². The molecule has 1 aliphatic heterocycles. The highest BCUT2D eigenvalue weighted by molar-refractivity contribution is 7.46. The molecule has 2 aromatic carbocycles. The van der Waals surface area contributed by atoms with Gasteiger partial charge in [-0.15, -0.1) is 0 Å². The Labute approximate surface area is 195 Å². The Hall–Kier alpha value is -2.16. The van der Waals surface area contributed by atoms with Crippen molar-refractivity contribution in [3.63, 3.8) is 0 Å². The number of nitrogens with two attached hydrogens (primary N) is 1. The SMILES string of the molecule is CCC(c1ccc(C)c(Cn2ccnc2CN2CCCC2)c1)c1ccc(PC)c(N)c1C. The molecule has 3 aromatic rings. The van der Waals surface area contributed by atoms with Crippen LogP contribution in [0.3, 0.4) is 0 Å². The minimum absolute atomic E-state index is 0.359. The topological polar surface area (TPSA) is 47.1 Å². The van der Waals surface area contributed by atoms with E-state index in [1.165, 1.54) is 64.9 Å². The van der Waals surface area contributed by atoms with Crippen molar-refractivity contribution in [3.05, 3.63) is 76.4 Å². The van der Waals surface area contributed by atoms with Gasteiger partial charge < -0.3 is 10.3 Å². The van der Waals surface area contributed by atoms with E-state index in [4.69, 9.17) is 5.73 Å². The van der Waals surface area contributed by atoms with Crippen molar-refractivity contribution in [2.45, 2.75) is 59.0 Å². The minimum atomic E-state index is 0.359. The number of aromatic nitrogens is 2. The maximum atomic E-state index is 6.49. The van der Waals surface area contributed by atoms with Crippen molar-refractivity contribution in [3.8, 4) is 0 Å². The van der Waals surface area contributed by atoms with Gasteiger partial charge >= 0.3 is 0 Å². The molecular weight excluding hydrogens is 411 g/mol. The fourth-order valence-electron chi connectivity index (χ4n) is 5.01. The zero-order chi connectivity index (χ0) is 22.7. The Morgan fingerprint density at radius 1 is 1.09 bits per heavy atom. The van der Waals surface area contributed by atoms with E-state index >= 15 is 0 Å². The molecule has 1 aromatic heterocycles. The van der Waals surface area contributed by atoms with E-state index in [0.29, 0.717) is 5.92 Å². The van der Waals surface area contributed by atoms with Gasteiger partial charge in [-0.05, 0) is 86.0 Å². The highest BCUT2D eigenvalue weighted by atomic mass is 31.1. The summed E-state index contributed by atoms with van der Waals surface area (Å²) < 4.78 is 2.32. The number of likely N-dealkylation sites (tertiary alicyclic amines) is 1. The monoisotopic (exact) mass is 448 g/mol. The molecule has 2 heterocycles. The first-order valence-electron chi connectivity index (χ1n) is 11.9. The molecule has 1 fully saturated rings. The number of nitrogens with zero attached hydrogens (tertiary/aromatic N) is 3. The summed E-state index contributed by atoms with van der Waals surface area (Å²) in [4.78, 5) is 7.19. The molecule has 1 aliphatic rings. The largest absolute Gasteiger partial charge is 0.398 e. The molecule has 32 heavy (non-hydrogen) atoms. The van der Waals surface area contributed by atoms with E-state index < -0.39 is 0 Å². The molecule has 2 unspecified atom stereocenters. The summed E-state index contributed by atoms with van der Waals surface area (Å²) in [6.07, 6.45) is 7.75. The predicted octanol–water partition coefficient (Wildman–Crippen LogP) is 5.20. The molecule has 0 radical (unpaired) electrons. The molecule has 1 saturated heterocycles. The first-order chi connectivity index (χ1) is 15.5. The van der Waals surface area contributed by atoms with Crippen LogP contribution in [0.15, 0.2) is 42.7 Å². The predicted molar refractivity (Wildman–Crippen MR) is 139 cm³/mol. The van der Waals surface area contributed by atoms with Crippen LogP contribution in [0, 0.1) is 13.8 Å². The third-order valence-corrected chi connectivity index (χ3v) is 8.07. The molecule has 0 aliphatic carbocycles. The summed E-state index contributed by atoms with van der Waals surface area (Å²) in [5.74, 6) is 1.53. The van der Waals surface area contributed by atoms with Gasteiger partial charge in [0.15, 0.2) is 0 Å². The van der Waals surface area contributed by atoms with Crippen molar-refractivity contribution >= 4 is 19.6 Å². The minimum Gasteiger partial charge on any atom is -0.398 e. The van der Waals surface area contributed by atoms with Gasteiger partial charge in [0.2, 0.25) is 0 Å². The van der Waals surface area contributed by atoms with Crippen LogP contribution in [0.1, 0.15) is 65.7 Å². The quantitative estimate of drug-likeness (QED) is 0.381. The van der Waals surface area contributed by atoms with E-state index in [1.807, 2.05) is 6.20 Å². The van der Waals surface area contributed by atoms with E-state index in [2.05, 4.69) is 78.4 Å². The van der Waals surface area contributed by atoms with Crippen molar-refractivity contribution < 1.29 is 0 Å². The first-order valence-corrected chi connectivity index (χ1v) is 13.4. The van der Waals surface area contributed by atoms with Crippen LogP contribution in [-0.2, 0) is 13.1 Å². The first kappa shape index (κ1) is 23.0. The number of nitrogen functional groups attached to an aromatic ring is 1. The molecule has 0 spiro atoms. The Morgan fingerprint density at radius 2 is 1.88 bits per heavy atom. The Bertz CT molecular complexity index is 1070. The lowest BCUT2D eigenvalue weighted by Crippen LogP contribution is -2.21. The maximum Gasteiger partial charge on any atom is 0.123 e. The van der Waals surface area contributed by atoms with E-state index in [9.17, 15) is 0 Å². The van der Waals surface area contributed by atoms with E-state index in [-0.39, 0.29) is 0 Å². The third kappa shape index (κ3) is 4.77. The summed E-state index contributed by atoms with van der Waals surface area (Å²) in [5, 5.41) is 1.27. The number of anilines is 1. The highest BCUT2D eigenvalue weighted by Crippen LogP contribution is 2.34. The summed E-state index contributed by atoms with van der Waals surface area (Å²) in [7, 11) is 0.729. The van der Waals surface area contributed by atoms with Crippen LogP contribution in [0.2, 0.25) is 0 Å². The second kappa shape index (κ2) is 10.2. The Balaban J connectivity index is 1.62. The molecule has 5 heteroatoms. The lowest BCUT2D eigenvalue weighted by Gasteiger charge is -2.22. The summed E-state index contributed by atoms with van der Waals surface area (Å²) in [6.45, 7) is 13.1. The lowest BCUT2D eigenvalue weighted by molar-refractivity contribution is 0.317. The molecule has 0 bridgehead atoms. The van der Waals surface area contributed by atoms with Crippen LogP contribution in [0.5, 0.6) is 0 Å². The maximum absolute atomic E-state index is 6.49. The summed E-state index contributed by atoms with van der Waals surface area (Å²) >= 11 is 0. The van der Waals surface area contributed by atoms with Gasteiger partial charge in [-0.2, -0.15) is 0 Å². The van der Waals surface area contributed by atoms with Gasteiger partial charge in [0, 0.05) is 30.5 Å². The fraction of sp³-hybridized carbons (Fsp3) is 0.444. The standard InChI is InChI=1S/C27H37N4P/c1-5-23(24-10-11-25(32-4)27(28)20(24)3)21-9-8-19(2)22(16-21)17-31-15-12-29-26(31)18-30-13-6-7-14-30/h8-12,15-16,23,32H,5-7,13-14,17-18,28H2,1-4H3. The molecule has 170 valence electrons. The average molecular weight is 449 g/mol. The van der Waals surface area contributed by atoms with Gasteiger partial charge in [0.1, 0.15) is 5.82 Å². The smallest absolute Gasteiger partial charge is 0.123 e. The van der Waals surface area contributed by atoms with Gasteiger partial charge in [-0.3, -0.25) is 4.90 Å². The second-order valence-corrected chi connectivity index (χ2v) is 10.1. The molecule has 0 amide bonds. The summed E-state index contributed by atoms with van der Waals surface area (Å²) in [5.41, 5.74) is 14.1. The van der Waals surface area contributed by atoms with Crippen LogP contribution in [-0.4, -0.2) is 34.2 Å². The number of aryl methyl sites for hydroxylation is 1. The molecule has 2 atom stereocenters. The van der Waals surface area contributed by atoms with Gasteiger partial charge in [-0.25, -0.2) is 4.98 Å². The molecule has 2 N–H and O–H groups in total. The van der Waals surface area contributed by atoms with E-state index in [0.717, 1.165) is 33.8 Å². The average Bonchev–Trinajstić information content (AvgIpc) is 3.46. The summed E-state index contributed by atoms with van der Waals surface area (Å²) in [6, 6.07) is 11.5. The lowest BCUT2D eigenvalue weighted by atomic mass is 9.85. The molecule has 4 nitrogen and oxygen atoms in total. The van der Waals surface area contributed by atoms with Crippen LogP contribution in [0.25, 0.3) is 0 Å². The van der Waals surface area contributed by atoms with Crippen molar-refractivity contribution in [1.29, 1.82) is 0 Å². The van der Waals surface area contributed by atoms with Crippen LogP contribution in [0.4, 0.5) is 5.69 Å². The van der Waals surface area contributed by atoms with Gasteiger partial charge in [-0.1, -0.05) is 45.8 Å². The highest BCUT2D eigenvalue weighted by Gasteiger charge is 2.19. The zero-order valence-corrected chi connectivity index (χ0v) is 21.0. The zero-order valence-electron chi connectivity index (χ0n) is 20.0. The second-order valence-electron chi connectivity index (χ2n) is 9.09. The van der Waals surface area contributed by atoms with Gasteiger partial charge in [0.05, 0.1) is 6.54 Å². The molecule has 0 saturated carbocycles.